The Morgan fingerprint density at radius 2 is 2.27 bits per heavy atom. The van der Waals surface area contributed by atoms with Crippen molar-refractivity contribution in [3.63, 3.8) is 0 Å². The Bertz CT molecular complexity index is 116. The Labute approximate surface area is 66.5 Å². The van der Waals surface area contributed by atoms with Gasteiger partial charge < -0.3 is 15.2 Å². The van der Waals surface area contributed by atoms with Gasteiger partial charge in [0.05, 0.1) is 13.2 Å². The molecule has 0 aliphatic carbocycles. The van der Waals surface area contributed by atoms with Crippen molar-refractivity contribution in [1.82, 2.24) is 5.32 Å². The third kappa shape index (κ3) is 3.95. The van der Waals surface area contributed by atoms with Crippen LogP contribution in [0.25, 0.3) is 0 Å². The van der Waals surface area contributed by atoms with E-state index in [2.05, 4.69) is 10.1 Å². The molecule has 0 saturated carbocycles. The van der Waals surface area contributed by atoms with Gasteiger partial charge in [0, 0.05) is 0 Å². The SMILES string of the molecule is CCN[C@H](CO)C(=O)OCC. The van der Waals surface area contributed by atoms with E-state index in [9.17, 15) is 4.79 Å². The van der Waals surface area contributed by atoms with Crippen molar-refractivity contribution < 1.29 is 14.6 Å². The third-order valence-electron chi connectivity index (χ3n) is 1.20. The largest absolute Gasteiger partial charge is 0.465 e. The zero-order valence-electron chi connectivity index (χ0n) is 6.96. The number of hydrogen-bond acceptors (Lipinski definition) is 4. The van der Waals surface area contributed by atoms with Gasteiger partial charge in [-0.3, -0.25) is 4.79 Å². The molecule has 0 aromatic heterocycles. The smallest absolute Gasteiger partial charge is 0.325 e. The molecule has 0 aromatic rings. The van der Waals surface area contributed by atoms with Gasteiger partial charge in [-0.25, -0.2) is 0 Å². The summed E-state index contributed by atoms with van der Waals surface area (Å²) in [7, 11) is 0. The quantitative estimate of drug-likeness (QED) is 0.535. The summed E-state index contributed by atoms with van der Waals surface area (Å²) in [6.07, 6.45) is 0. The topological polar surface area (TPSA) is 58.6 Å². The Kier molecular flexibility index (Phi) is 5.78. The second kappa shape index (κ2) is 6.12. The number of carbonyl (C=O) groups excluding carboxylic acids is 1. The molecule has 0 heterocycles. The van der Waals surface area contributed by atoms with Crippen molar-refractivity contribution in [2.45, 2.75) is 19.9 Å². The van der Waals surface area contributed by atoms with Crippen LogP contribution in [0.5, 0.6) is 0 Å². The van der Waals surface area contributed by atoms with Gasteiger partial charge in [0.2, 0.25) is 0 Å². The molecule has 11 heavy (non-hydrogen) atoms. The van der Waals surface area contributed by atoms with Crippen molar-refractivity contribution in [1.29, 1.82) is 0 Å². The maximum Gasteiger partial charge on any atom is 0.325 e. The number of carbonyl (C=O) groups is 1. The molecule has 66 valence electrons. The summed E-state index contributed by atoms with van der Waals surface area (Å²) in [6.45, 7) is 4.37. The molecule has 0 aliphatic heterocycles. The number of ether oxygens (including phenoxy) is 1. The van der Waals surface area contributed by atoms with Gasteiger partial charge in [0.15, 0.2) is 0 Å². The van der Waals surface area contributed by atoms with Gasteiger partial charge >= 0.3 is 5.97 Å². The molecule has 0 radical (unpaired) electrons. The molecule has 0 amide bonds. The highest BCUT2D eigenvalue weighted by molar-refractivity contribution is 5.75. The second-order valence-corrected chi connectivity index (χ2v) is 2.04. The summed E-state index contributed by atoms with van der Waals surface area (Å²) in [5, 5.41) is 11.5. The van der Waals surface area contributed by atoms with Crippen LogP contribution in [0.3, 0.4) is 0 Å². The fourth-order valence-corrected chi connectivity index (χ4v) is 0.712. The maximum atomic E-state index is 10.9. The molecule has 2 N–H and O–H groups in total. The number of esters is 1. The Balaban J connectivity index is 3.71. The first-order chi connectivity index (χ1) is 5.26. The number of hydrogen-bond donors (Lipinski definition) is 2. The van der Waals surface area contributed by atoms with Crippen LogP contribution in [0.4, 0.5) is 0 Å². The molecular weight excluding hydrogens is 146 g/mol. The van der Waals surface area contributed by atoms with Gasteiger partial charge in [-0.05, 0) is 13.5 Å². The van der Waals surface area contributed by atoms with Crippen LogP contribution in [0.1, 0.15) is 13.8 Å². The average Bonchev–Trinajstić information content (AvgIpc) is 2.00. The first-order valence-electron chi connectivity index (χ1n) is 3.77. The van der Waals surface area contributed by atoms with Crippen LogP contribution < -0.4 is 5.32 Å². The van der Waals surface area contributed by atoms with Crippen molar-refractivity contribution in [3.05, 3.63) is 0 Å². The Morgan fingerprint density at radius 1 is 1.64 bits per heavy atom. The van der Waals surface area contributed by atoms with Gasteiger partial charge in [0.25, 0.3) is 0 Å². The first kappa shape index (κ1) is 10.4. The first-order valence-corrected chi connectivity index (χ1v) is 3.77. The summed E-state index contributed by atoms with van der Waals surface area (Å²) in [5.74, 6) is -0.392. The lowest BCUT2D eigenvalue weighted by molar-refractivity contribution is -0.146. The molecule has 0 bridgehead atoms. The van der Waals surface area contributed by atoms with Gasteiger partial charge in [-0.1, -0.05) is 6.92 Å². The van der Waals surface area contributed by atoms with E-state index < -0.39 is 12.0 Å². The second-order valence-electron chi connectivity index (χ2n) is 2.04. The lowest BCUT2D eigenvalue weighted by Crippen LogP contribution is -2.40. The molecule has 4 heteroatoms. The van der Waals surface area contributed by atoms with E-state index >= 15 is 0 Å². The van der Waals surface area contributed by atoms with E-state index in [4.69, 9.17) is 5.11 Å². The predicted octanol–water partition coefficient (Wildman–Crippen LogP) is -0.480. The lowest BCUT2D eigenvalue weighted by Gasteiger charge is -2.12. The fraction of sp³-hybridized carbons (Fsp3) is 0.857. The maximum absolute atomic E-state index is 10.9. The summed E-state index contributed by atoms with van der Waals surface area (Å²) in [4.78, 5) is 10.9. The van der Waals surface area contributed by atoms with Crippen LogP contribution >= 0.6 is 0 Å². The highest BCUT2D eigenvalue weighted by Gasteiger charge is 2.16. The normalized spacial score (nSPS) is 12.6. The highest BCUT2D eigenvalue weighted by atomic mass is 16.5. The Hall–Kier alpha value is -0.610. The minimum Gasteiger partial charge on any atom is -0.465 e. The van der Waals surface area contributed by atoms with Crippen LogP contribution in [-0.2, 0) is 9.53 Å². The van der Waals surface area contributed by atoms with Crippen molar-refractivity contribution in [3.8, 4) is 0 Å². The van der Waals surface area contributed by atoms with Crippen LogP contribution in [0.2, 0.25) is 0 Å². The monoisotopic (exact) mass is 161 g/mol. The summed E-state index contributed by atoms with van der Waals surface area (Å²) < 4.78 is 4.69. The fourth-order valence-electron chi connectivity index (χ4n) is 0.712. The summed E-state index contributed by atoms with van der Waals surface area (Å²) in [5.41, 5.74) is 0. The highest BCUT2D eigenvalue weighted by Crippen LogP contribution is 1.87. The molecule has 0 aliphatic rings. The number of aliphatic hydroxyl groups is 1. The molecule has 1 atom stereocenters. The van der Waals surface area contributed by atoms with Crippen LogP contribution in [0.15, 0.2) is 0 Å². The molecule has 0 unspecified atom stereocenters. The zero-order chi connectivity index (χ0) is 8.69. The number of aliphatic hydroxyl groups excluding tert-OH is 1. The Morgan fingerprint density at radius 3 is 2.64 bits per heavy atom. The van der Waals surface area contributed by atoms with Crippen molar-refractivity contribution >= 4 is 5.97 Å². The minimum atomic E-state index is -0.569. The number of rotatable bonds is 5. The molecule has 0 aromatic carbocycles. The van der Waals surface area contributed by atoms with Gasteiger partial charge in [-0.2, -0.15) is 0 Å². The number of likely N-dealkylation sites (N-methyl/N-ethyl adjacent to an activating group) is 1. The number of nitrogens with one attached hydrogen (secondary N) is 1. The van der Waals surface area contributed by atoms with Gasteiger partial charge in [-0.15, -0.1) is 0 Å². The molecular formula is C7H15NO3. The van der Waals surface area contributed by atoms with E-state index in [1.807, 2.05) is 6.92 Å². The molecule has 0 fully saturated rings. The summed E-state index contributed by atoms with van der Waals surface area (Å²) >= 11 is 0. The molecule has 0 spiro atoms. The molecule has 0 rings (SSSR count). The van der Waals surface area contributed by atoms with E-state index in [0.29, 0.717) is 13.2 Å². The lowest BCUT2D eigenvalue weighted by atomic mass is 10.3. The third-order valence-corrected chi connectivity index (χ3v) is 1.20. The van der Waals surface area contributed by atoms with E-state index in [1.165, 1.54) is 0 Å². The zero-order valence-corrected chi connectivity index (χ0v) is 6.96. The van der Waals surface area contributed by atoms with E-state index in [-0.39, 0.29) is 6.61 Å². The van der Waals surface area contributed by atoms with Crippen LogP contribution in [0, 0.1) is 0 Å². The molecule has 4 nitrogen and oxygen atoms in total. The van der Waals surface area contributed by atoms with Crippen LogP contribution in [-0.4, -0.2) is 36.9 Å². The van der Waals surface area contributed by atoms with E-state index in [0.717, 1.165) is 0 Å². The average molecular weight is 161 g/mol. The minimum absolute atomic E-state index is 0.216. The molecule has 0 saturated heterocycles. The predicted molar refractivity (Wildman–Crippen MR) is 41.2 cm³/mol. The van der Waals surface area contributed by atoms with Crippen molar-refractivity contribution in [2.24, 2.45) is 0 Å². The van der Waals surface area contributed by atoms with Gasteiger partial charge in [0.1, 0.15) is 6.04 Å². The van der Waals surface area contributed by atoms with E-state index in [1.54, 1.807) is 6.92 Å². The standard InChI is InChI=1S/C7H15NO3/c1-3-8-6(5-9)7(10)11-4-2/h6,8-9H,3-5H2,1-2H3/t6-/m1/s1. The van der Waals surface area contributed by atoms with Crippen molar-refractivity contribution in [2.75, 3.05) is 19.8 Å². The summed E-state index contributed by atoms with van der Waals surface area (Å²) in [6, 6.07) is -0.569.